The Kier molecular flexibility index (Phi) is 6.33. The van der Waals surface area contributed by atoms with E-state index in [0.717, 1.165) is 40.6 Å². The number of nitrogens with zero attached hydrogens (tertiary/aromatic N) is 1. The maximum Gasteiger partial charge on any atom is 0.255 e. The van der Waals surface area contributed by atoms with Crippen LogP contribution in [0.3, 0.4) is 0 Å². The Hall–Kier alpha value is -3.61. The second-order valence-electron chi connectivity index (χ2n) is 10.2. The van der Waals surface area contributed by atoms with Crippen LogP contribution >= 0.6 is 0 Å². The normalized spacial score (nSPS) is 20.8. The van der Waals surface area contributed by atoms with Crippen LogP contribution in [0.5, 0.6) is 0 Å². The Balaban J connectivity index is 1.54. The number of carbonyl (C=O) groups excluding carboxylic acids is 3. The number of aromatic nitrogens is 1. The molecular weight excluding hydrogens is 452 g/mol. The van der Waals surface area contributed by atoms with Crippen LogP contribution in [-0.2, 0) is 16.0 Å². The van der Waals surface area contributed by atoms with Crippen molar-refractivity contribution in [1.82, 2.24) is 20.5 Å². The summed E-state index contributed by atoms with van der Waals surface area (Å²) >= 11 is 0. The molecule has 7 nitrogen and oxygen atoms in total. The average Bonchev–Trinajstić information content (AvgIpc) is 3.41. The molecule has 36 heavy (non-hydrogen) atoms. The molecule has 5 atom stereocenters. The number of rotatable bonds is 7. The number of carbonyl (C=O) groups is 3. The van der Waals surface area contributed by atoms with Gasteiger partial charge in [0.1, 0.15) is 12.1 Å². The number of amides is 3. The summed E-state index contributed by atoms with van der Waals surface area (Å²) in [5, 5.41) is 7.13. The molecule has 7 heteroatoms. The van der Waals surface area contributed by atoms with Crippen molar-refractivity contribution in [2.24, 2.45) is 5.92 Å². The van der Waals surface area contributed by atoms with Gasteiger partial charge >= 0.3 is 0 Å². The van der Waals surface area contributed by atoms with Crippen LogP contribution < -0.4 is 10.6 Å². The standard InChI is InChI=1S/C29H34N4O3/c1-5-16(3)24(28(35)30-17(4)6-2)32-27(34)23-15-21-18-11-9-10-14-22(18)31-25(21)26-19-12-7-8-13-20(19)29(36)33(23)26/h7-14,16-17,23-24,26,31H,5-6,15H2,1-4H3,(H,30,35)(H,32,34)/t16-,17+,23-,24-,26+/m0/s1. The molecule has 2 aliphatic rings. The Morgan fingerprint density at radius 3 is 2.50 bits per heavy atom. The second kappa shape index (κ2) is 9.45. The quantitative estimate of drug-likeness (QED) is 0.470. The lowest BCUT2D eigenvalue weighted by molar-refractivity contribution is -0.133. The van der Waals surface area contributed by atoms with Crippen LogP contribution in [-0.4, -0.2) is 45.7 Å². The van der Waals surface area contributed by atoms with Gasteiger partial charge in [-0.2, -0.15) is 0 Å². The van der Waals surface area contributed by atoms with Gasteiger partial charge in [-0.05, 0) is 42.5 Å². The molecule has 0 saturated carbocycles. The lowest BCUT2D eigenvalue weighted by atomic mass is 9.89. The second-order valence-corrected chi connectivity index (χ2v) is 10.2. The van der Waals surface area contributed by atoms with Gasteiger partial charge in [-0.3, -0.25) is 14.4 Å². The summed E-state index contributed by atoms with van der Waals surface area (Å²) in [6.45, 7) is 7.95. The first-order chi connectivity index (χ1) is 17.3. The molecule has 188 valence electrons. The summed E-state index contributed by atoms with van der Waals surface area (Å²) in [4.78, 5) is 45.9. The summed E-state index contributed by atoms with van der Waals surface area (Å²) in [7, 11) is 0. The summed E-state index contributed by atoms with van der Waals surface area (Å²) < 4.78 is 0. The molecule has 1 aromatic heterocycles. The maximum absolute atomic E-state index is 13.9. The van der Waals surface area contributed by atoms with Gasteiger partial charge in [-0.1, -0.05) is 63.6 Å². The Morgan fingerprint density at radius 1 is 1.03 bits per heavy atom. The summed E-state index contributed by atoms with van der Waals surface area (Å²) in [5.74, 6) is -0.665. The number of fused-ring (bicyclic) bond motifs is 7. The molecule has 3 N–H and O–H groups in total. The first kappa shape index (κ1) is 24.1. The van der Waals surface area contributed by atoms with Crippen molar-refractivity contribution in [2.75, 3.05) is 0 Å². The zero-order valence-electron chi connectivity index (χ0n) is 21.3. The van der Waals surface area contributed by atoms with Crippen molar-refractivity contribution < 1.29 is 14.4 Å². The molecule has 0 fully saturated rings. The van der Waals surface area contributed by atoms with Crippen molar-refractivity contribution in [1.29, 1.82) is 0 Å². The number of hydrogen-bond acceptors (Lipinski definition) is 3. The van der Waals surface area contributed by atoms with E-state index in [1.165, 1.54) is 0 Å². The van der Waals surface area contributed by atoms with Crippen molar-refractivity contribution in [3.05, 3.63) is 70.9 Å². The van der Waals surface area contributed by atoms with Crippen LogP contribution in [0.1, 0.15) is 73.8 Å². The van der Waals surface area contributed by atoms with Crippen molar-refractivity contribution in [3.63, 3.8) is 0 Å². The zero-order valence-corrected chi connectivity index (χ0v) is 21.3. The summed E-state index contributed by atoms with van der Waals surface area (Å²) in [5.41, 5.74) is 4.54. The molecule has 0 spiro atoms. The monoisotopic (exact) mass is 486 g/mol. The SMILES string of the molecule is CC[C@@H](C)NC(=O)[C@@H](NC(=O)[C@@H]1Cc2c([nH]c3ccccc23)[C@H]2c3ccccc3C(=O)N21)[C@@H](C)CC. The molecule has 3 heterocycles. The van der Waals surface area contributed by atoms with Gasteiger partial charge in [0.05, 0.1) is 6.04 Å². The molecule has 0 saturated heterocycles. The van der Waals surface area contributed by atoms with Crippen molar-refractivity contribution in [2.45, 2.75) is 71.1 Å². The lowest BCUT2D eigenvalue weighted by Gasteiger charge is -2.38. The highest BCUT2D eigenvalue weighted by Gasteiger charge is 2.49. The number of benzene rings is 2. The Morgan fingerprint density at radius 2 is 1.75 bits per heavy atom. The van der Waals surface area contributed by atoms with E-state index >= 15 is 0 Å². The van der Waals surface area contributed by atoms with Crippen molar-refractivity contribution in [3.8, 4) is 0 Å². The fraction of sp³-hybridized carbons (Fsp3) is 0.414. The van der Waals surface area contributed by atoms with Gasteiger partial charge in [0.2, 0.25) is 11.8 Å². The van der Waals surface area contributed by atoms with E-state index in [9.17, 15) is 14.4 Å². The van der Waals surface area contributed by atoms with Crippen LogP contribution in [0, 0.1) is 5.92 Å². The van der Waals surface area contributed by atoms with Gasteiger partial charge in [-0.25, -0.2) is 0 Å². The largest absolute Gasteiger partial charge is 0.356 e. The lowest BCUT2D eigenvalue weighted by Crippen LogP contribution is -2.58. The summed E-state index contributed by atoms with van der Waals surface area (Å²) in [6, 6.07) is 13.9. The topological polar surface area (TPSA) is 94.3 Å². The molecule has 0 bridgehead atoms. The minimum Gasteiger partial charge on any atom is -0.356 e. The van der Waals surface area contributed by atoms with E-state index in [0.29, 0.717) is 12.0 Å². The Labute approximate surface area is 211 Å². The first-order valence-corrected chi connectivity index (χ1v) is 13.0. The van der Waals surface area contributed by atoms with Crippen LogP contribution in [0.15, 0.2) is 48.5 Å². The highest BCUT2D eigenvalue weighted by molar-refractivity contribution is 6.04. The predicted octanol–water partition coefficient (Wildman–Crippen LogP) is 4.08. The fourth-order valence-electron chi connectivity index (χ4n) is 5.52. The predicted molar refractivity (Wildman–Crippen MR) is 140 cm³/mol. The van der Waals surface area contributed by atoms with Crippen LogP contribution in [0.2, 0.25) is 0 Å². The number of nitrogens with one attached hydrogen (secondary N) is 3. The van der Waals surface area contributed by atoms with E-state index in [1.807, 2.05) is 70.2 Å². The van der Waals surface area contributed by atoms with Gasteiger partial charge < -0.3 is 20.5 Å². The van der Waals surface area contributed by atoms with Gasteiger partial charge in [0.25, 0.3) is 5.91 Å². The minimum atomic E-state index is -0.718. The van der Waals surface area contributed by atoms with Gasteiger partial charge in [0.15, 0.2) is 0 Å². The maximum atomic E-state index is 13.9. The van der Waals surface area contributed by atoms with E-state index in [4.69, 9.17) is 0 Å². The van der Waals surface area contributed by atoms with E-state index in [1.54, 1.807) is 4.90 Å². The van der Waals surface area contributed by atoms with E-state index < -0.39 is 12.1 Å². The van der Waals surface area contributed by atoms with E-state index in [2.05, 4.69) is 21.7 Å². The molecule has 2 aromatic carbocycles. The zero-order chi connectivity index (χ0) is 25.6. The highest BCUT2D eigenvalue weighted by atomic mass is 16.2. The summed E-state index contributed by atoms with van der Waals surface area (Å²) in [6.07, 6.45) is 1.94. The van der Waals surface area contributed by atoms with E-state index in [-0.39, 0.29) is 35.7 Å². The van der Waals surface area contributed by atoms with Crippen LogP contribution in [0.4, 0.5) is 0 Å². The van der Waals surface area contributed by atoms with Crippen molar-refractivity contribution >= 4 is 28.6 Å². The number of aromatic amines is 1. The third-order valence-electron chi connectivity index (χ3n) is 7.95. The highest BCUT2D eigenvalue weighted by Crippen LogP contribution is 2.46. The Bertz CT molecular complexity index is 1330. The van der Waals surface area contributed by atoms with Crippen LogP contribution in [0.25, 0.3) is 10.9 Å². The molecular formula is C29H34N4O3. The molecule has 2 aliphatic heterocycles. The third-order valence-corrected chi connectivity index (χ3v) is 7.95. The molecule has 0 radical (unpaired) electrons. The number of hydrogen-bond donors (Lipinski definition) is 3. The smallest absolute Gasteiger partial charge is 0.255 e. The average molecular weight is 487 g/mol. The molecule has 5 rings (SSSR count). The fourth-order valence-corrected chi connectivity index (χ4v) is 5.52. The molecule has 3 amide bonds. The molecule has 3 aromatic rings. The van der Waals surface area contributed by atoms with Gasteiger partial charge in [0, 0.05) is 34.6 Å². The third kappa shape index (κ3) is 3.87. The minimum absolute atomic E-state index is 0.0171. The number of para-hydroxylation sites is 1. The molecule has 0 aliphatic carbocycles. The number of H-pyrrole nitrogens is 1. The molecule has 0 unspecified atom stereocenters. The first-order valence-electron chi connectivity index (χ1n) is 13.0. The van der Waals surface area contributed by atoms with Gasteiger partial charge in [-0.15, -0.1) is 0 Å².